The second-order valence-electron chi connectivity index (χ2n) is 2.25. The Kier molecular flexibility index (Phi) is 8.00. The van der Waals surface area contributed by atoms with Gasteiger partial charge in [-0.25, -0.2) is 0 Å². The van der Waals surface area contributed by atoms with Crippen LogP contribution in [-0.4, -0.2) is 36.1 Å². The van der Waals surface area contributed by atoms with Crippen molar-refractivity contribution in [2.24, 2.45) is 0 Å². The topological polar surface area (TPSA) is 67.4 Å². The van der Waals surface area contributed by atoms with Crippen molar-refractivity contribution in [2.45, 2.75) is 6.92 Å². The number of hydrogen-bond acceptors (Lipinski definition) is 4. The lowest BCUT2D eigenvalue weighted by molar-refractivity contribution is -0.142. The lowest BCUT2D eigenvalue weighted by Gasteiger charge is -2.05. The van der Waals surface area contributed by atoms with Crippen LogP contribution in [0, 0.1) is 0 Å². The van der Waals surface area contributed by atoms with Crippen molar-refractivity contribution in [3.63, 3.8) is 0 Å². The Morgan fingerprint density at radius 3 is 2.69 bits per heavy atom. The summed E-state index contributed by atoms with van der Waals surface area (Å²) in [6.45, 7) is 2.28. The van der Waals surface area contributed by atoms with E-state index in [4.69, 9.17) is 0 Å². The molecule has 0 aromatic rings. The summed E-state index contributed by atoms with van der Waals surface area (Å²) in [5, 5.41) is 5.34. The highest BCUT2D eigenvalue weighted by Gasteiger charge is 1.99. The standard InChI is InChI=1S/C7H13IN2O3/c1-6(11)13-5-10-7(12)4-9-3-2-8/h9H,2-5H2,1H3,(H,10,12). The van der Waals surface area contributed by atoms with Gasteiger partial charge in [0.2, 0.25) is 5.91 Å². The number of nitrogens with one attached hydrogen (secondary N) is 2. The lowest BCUT2D eigenvalue weighted by atomic mass is 10.5. The molecule has 2 N–H and O–H groups in total. The van der Waals surface area contributed by atoms with Crippen LogP contribution in [0.2, 0.25) is 0 Å². The first-order chi connectivity index (χ1) is 6.16. The van der Waals surface area contributed by atoms with Crippen LogP contribution in [0.15, 0.2) is 0 Å². The van der Waals surface area contributed by atoms with Crippen molar-refractivity contribution < 1.29 is 14.3 Å². The molecule has 0 aliphatic carbocycles. The van der Waals surface area contributed by atoms with E-state index in [0.717, 1.165) is 11.0 Å². The molecule has 76 valence electrons. The first-order valence-electron chi connectivity index (χ1n) is 3.83. The molecule has 0 saturated heterocycles. The molecule has 0 saturated carbocycles. The van der Waals surface area contributed by atoms with Gasteiger partial charge in [0.1, 0.15) is 0 Å². The molecule has 13 heavy (non-hydrogen) atoms. The summed E-state index contributed by atoms with van der Waals surface area (Å²) in [6.07, 6.45) is 0. The Bertz CT molecular complexity index is 175. The van der Waals surface area contributed by atoms with E-state index in [-0.39, 0.29) is 19.2 Å². The van der Waals surface area contributed by atoms with E-state index < -0.39 is 5.97 Å². The second kappa shape index (κ2) is 8.24. The zero-order valence-corrected chi connectivity index (χ0v) is 9.59. The molecule has 0 bridgehead atoms. The fourth-order valence-corrected chi connectivity index (χ4v) is 0.931. The van der Waals surface area contributed by atoms with Gasteiger partial charge in [-0.3, -0.25) is 9.59 Å². The molecule has 0 unspecified atom stereocenters. The third-order valence-corrected chi connectivity index (χ3v) is 1.64. The molecule has 1 amide bonds. The first-order valence-corrected chi connectivity index (χ1v) is 5.36. The summed E-state index contributed by atoms with van der Waals surface area (Å²) in [7, 11) is 0. The highest BCUT2D eigenvalue weighted by atomic mass is 127. The molecule has 0 spiro atoms. The molecular formula is C7H13IN2O3. The lowest BCUT2D eigenvalue weighted by Crippen LogP contribution is -2.36. The monoisotopic (exact) mass is 300 g/mol. The summed E-state index contributed by atoms with van der Waals surface area (Å²) in [5.74, 6) is -0.577. The van der Waals surface area contributed by atoms with Gasteiger partial charge in [-0.2, -0.15) is 0 Å². The number of ether oxygens (including phenoxy) is 1. The van der Waals surface area contributed by atoms with Crippen LogP contribution in [0.5, 0.6) is 0 Å². The molecular weight excluding hydrogens is 287 g/mol. The van der Waals surface area contributed by atoms with Crippen LogP contribution in [-0.2, 0) is 14.3 Å². The fraction of sp³-hybridized carbons (Fsp3) is 0.714. The zero-order valence-electron chi connectivity index (χ0n) is 7.43. The van der Waals surface area contributed by atoms with Crippen molar-refractivity contribution in [3.8, 4) is 0 Å². The van der Waals surface area contributed by atoms with E-state index in [9.17, 15) is 9.59 Å². The number of hydrogen-bond donors (Lipinski definition) is 2. The zero-order chi connectivity index (χ0) is 10.1. The van der Waals surface area contributed by atoms with Gasteiger partial charge in [0.25, 0.3) is 0 Å². The van der Waals surface area contributed by atoms with Gasteiger partial charge < -0.3 is 15.4 Å². The maximum atomic E-state index is 10.9. The maximum absolute atomic E-state index is 10.9. The van der Waals surface area contributed by atoms with Crippen LogP contribution in [0.4, 0.5) is 0 Å². The Balaban J connectivity index is 3.25. The largest absolute Gasteiger partial charge is 0.445 e. The van der Waals surface area contributed by atoms with E-state index >= 15 is 0 Å². The number of amides is 1. The van der Waals surface area contributed by atoms with Crippen molar-refractivity contribution in [1.29, 1.82) is 0 Å². The van der Waals surface area contributed by atoms with Crippen molar-refractivity contribution >= 4 is 34.5 Å². The highest BCUT2D eigenvalue weighted by Crippen LogP contribution is 1.76. The van der Waals surface area contributed by atoms with Crippen LogP contribution in [0.25, 0.3) is 0 Å². The smallest absolute Gasteiger partial charge is 0.304 e. The van der Waals surface area contributed by atoms with E-state index in [2.05, 4.69) is 38.0 Å². The molecule has 0 aromatic heterocycles. The minimum absolute atomic E-state index is 0.0555. The van der Waals surface area contributed by atoms with Crippen LogP contribution in [0.1, 0.15) is 6.92 Å². The molecule has 0 aromatic carbocycles. The fourth-order valence-electron chi connectivity index (χ4n) is 0.549. The van der Waals surface area contributed by atoms with Crippen LogP contribution in [0.3, 0.4) is 0 Å². The molecule has 0 aliphatic rings. The van der Waals surface area contributed by atoms with Crippen molar-refractivity contribution in [2.75, 3.05) is 24.2 Å². The van der Waals surface area contributed by atoms with E-state index in [1.54, 1.807) is 0 Å². The van der Waals surface area contributed by atoms with E-state index in [1.165, 1.54) is 6.92 Å². The number of carbonyl (C=O) groups excluding carboxylic acids is 2. The van der Waals surface area contributed by atoms with Crippen molar-refractivity contribution in [3.05, 3.63) is 0 Å². The molecule has 6 heteroatoms. The van der Waals surface area contributed by atoms with Crippen molar-refractivity contribution in [1.82, 2.24) is 10.6 Å². The minimum atomic E-state index is -0.402. The normalized spacial score (nSPS) is 9.38. The second-order valence-corrected chi connectivity index (χ2v) is 3.32. The molecule has 5 nitrogen and oxygen atoms in total. The molecule has 0 atom stereocenters. The summed E-state index contributed by atoms with van der Waals surface area (Å²) in [4.78, 5) is 21.2. The van der Waals surface area contributed by atoms with Gasteiger partial charge in [-0.05, 0) is 0 Å². The van der Waals surface area contributed by atoms with Crippen LogP contribution < -0.4 is 10.6 Å². The number of carbonyl (C=O) groups is 2. The SMILES string of the molecule is CC(=O)OCNC(=O)CNCCI. The van der Waals surface area contributed by atoms with Gasteiger partial charge in [0.05, 0.1) is 6.54 Å². The third-order valence-electron chi connectivity index (χ3n) is 1.10. The highest BCUT2D eigenvalue weighted by molar-refractivity contribution is 14.1. The molecule has 0 rings (SSSR count). The summed E-state index contributed by atoms with van der Waals surface area (Å²) in [6, 6.07) is 0. The van der Waals surface area contributed by atoms with Gasteiger partial charge in [-0.15, -0.1) is 0 Å². The van der Waals surface area contributed by atoms with Gasteiger partial charge in [0, 0.05) is 17.9 Å². The summed E-state index contributed by atoms with van der Waals surface area (Å²) < 4.78 is 5.47. The van der Waals surface area contributed by atoms with Gasteiger partial charge in [-0.1, -0.05) is 22.6 Å². The summed E-state index contributed by atoms with van der Waals surface area (Å²) >= 11 is 2.21. The van der Waals surface area contributed by atoms with Crippen LogP contribution >= 0.6 is 22.6 Å². The Morgan fingerprint density at radius 2 is 2.15 bits per heavy atom. The number of rotatable bonds is 6. The number of alkyl halides is 1. The van der Waals surface area contributed by atoms with E-state index in [0.29, 0.717) is 0 Å². The Morgan fingerprint density at radius 1 is 1.46 bits per heavy atom. The molecule has 0 radical (unpaired) electrons. The molecule has 0 fully saturated rings. The third kappa shape index (κ3) is 9.54. The quantitative estimate of drug-likeness (QED) is 0.231. The predicted molar refractivity (Wildman–Crippen MR) is 56.5 cm³/mol. The van der Waals surface area contributed by atoms with E-state index in [1.807, 2.05) is 0 Å². The van der Waals surface area contributed by atoms with Gasteiger partial charge in [0.15, 0.2) is 6.73 Å². The predicted octanol–water partition coefficient (Wildman–Crippen LogP) is -0.352. The maximum Gasteiger partial charge on any atom is 0.304 e. The molecule has 0 aliphatic heterocycles. The summed E-state index contributed by atoms with van der Waals surface area (Å²) in [5.41, 5.74) is 0. The average molecular weight is 300 g/mol. The average Bonchev–Trinajstić information content (AvgIpc) is 2.04. The number of esters is 1. The number of halogens is 1. The Labute approximate surface area is 90.7 Å². The molecule has 0 heterocycles. The first kappa shape index (κ1) is 12.6. The minimum Gasteiger partial charge on any atom is -0.445 e. The Hall–Kier alpha value is -0.370. The van der Waals surface area contributed by atoms with Gasteiger partial charge >= 0.3 is 5.97 Å².